The third-order valence-electron chi connectivity index (χ3n) is 7.45. The lowest BCUT2D eigenvalue weighted by Gasteiger charge is -2.45. The number of aromatic hydroxyl groups is 3. The van der Waals surface area contributed by atoms with Gasteiger partial charge in [-0.25, -0.2) is 4.79 Å². The zero-order chi connectivity index (χ0) is 33.6. The monoisotopic (exact) mass is 650 g/mol. The minimum Gasteiger partial charge on any atom is -0.507 e. The molecule has 3 heterocycles. The van der Waals surface area contributed by atoms with Gasteiger partial charge in [-0.1, -0.05) is 0 Å². The molecular formula is C29H30O17. The molecule has 0 amide bonds. The predicted octanol–water partition coefficient (Wildman–Crippen LogP) is -0.730. The number of phenolic OH excluding ortho intramolecular Hbond substituents is 3. The number of carboxylic acid groups (broad SMARTS) is 1. The largest absolute Gasteiger partial charge is 0.507 e. The number of aliphatic hydroxyl groups excluding tert-OH is 4. The van der Waals surface area contributed by atoms with Crippen molar-refractivity contribution in [3.05, 3.63) is 46.6 Å². The van der Waals surface area contributed by atoms with Crippen LogP contribution in [0, 0.1) is 0 Å². The lowest BCUT2D eigenvalue weighted by molar-refractivity contribution is -0.351. The molecule has 8 N–H and O–H groups in total. The second-order valence-corrected chi connectivity index (χ2v) is 10.7. The van der Waals surface area contributed by atoms with Gasteiger partial charge >= 0.3 is 11.9 Å². The van der Waals surface area contributed by atoms with Gasteiger partial charge in [-0.15, -0.1) is 0 Å². The first-order chi connectivity index (χ1) is 21.7. The van der Waals surface area contributed by atoms with Crippen molar-refractivity contribution < 1.29 is 78.5 Å². The van der Waals surface area contributed by atoms with Crippen LogP contribution in [0.4, 0.5) is 0 Å². The molecule has 17 heteroatoms. The van der Waals surface area contributed by atoms with E-state index < -0.39 is 96.0 Å². The third-order valence-corrected chi connectivity index (χ3v) is 7.45. The molecule has 248 valence electrons. The topological polar surface area (TPSA) is 272 Å². The Morgan fingerprint density at radius 2 is 1.50 bits per heavy atom. The van der Waals surface area contributed by atoms with E-state index in [0.717, 1.165) is 37.3 Å². The summed E-state index contributed by atoms with van der Waals surface area (Å²) in [4.78, 5) is 36.1. The van der Waals surface area contributed by atoms with E-state index in [9.17, 15) is 55.2 Å². The zero-order valence-electron chi connectivity index (χ0n) is 24.0. The van der Waals surface area contributed by atoms with Crippen LogP contribution in [0.25, 0.3) is 22.3 Å². The number of carboxylic acids is 1. The minimum absolute atomic E-state index is 0.0767. The first-order valence-electron chi connectivity index (χ1n) is 13.7. The Hall–Kier alpha value is -4.49. The van der Waals surface area contributed by atoms with Crippen LogP contribution in [0.2, 0.25) is 0 Å². The van der Waals surface area contributed by atoms with Crippen molar-refractivity contribution in [2.75, 3.05) is 0 Å². The normalized spacial score (nSPS) is 31.3. The molecule has 10 atom stereocenters. The molecule has 3 aromatic rings. The maximum Gasteiger partial charge on any atom is 0.335 e. The number of rotatable bonds is 7. The van der Waals surface area contributed by atoms with E-state index >= 15 is 0 Å². The van der Waals surface area contributed by atoms with Crippen LogP contribution in [-0.4, -0.2) is 114 Å². The number of carbonyl (C=O) groups excluding carboxylic acids is 1. The van der Waals surface area contributed by atoms with E-state index in [4.69, 9.17) is 28.1 Å². The number of esters is 1. The Bertz CT molecular complexity index is 1690. The average Bonchev–Trinajstić information content (AvgIpc) is 2.98. The van der Waals surface area contributed by atoms with Gasteiger partial charge in [0.2, 0.25) is 6.29 Å². The van der Waals surface area contributed by atoms with Gasteiger partial charge in [0, 0.05) is 30.7 Å². The summed E-state index contributed by atoms with van der Waals surface area (Å²) >= 11 is 0. The smallest absolute Gasteiger partial charge is 0.335 e. The van der Waals surface area contributed by atoms with Gasteiger partial charge in [-0.3, -0.25) is 9.59 Å². The number of ether oxygens (including phenoxy) is 5. The van der Waals surface area contributed by atoms with Crippen LogP contribution >= 0.6 is 0 Å². The summed E-state index contributed by atoms with van der Waals surface area (Å²) < 4.78 is 33.1. The highest BCUT2D eigenvalue weighted by Crippen LogP contribution is 2.36. The van der Waals surface area contributed by atoms with Crippen molar-refractivity contribution in [3.8, 4) is 34.3 Å². The van der Waals surface area contributed by atoms with E-state index in [0.29, 0.717) is 0 Å². The summed E-state index contributed by atoms with van der Waals surface area (Å²) in [7, 11) is 0. The van der Waals surface area contributed by atoms with Crippen molar-refractivity contribution >= 4 is 22.9 Å². The van der Waals surface area contributed by atoms with Crippen LogP contribution in [-0.2, 0) is 28.5 Å². The molecule has 2 saturated heterocycles. The zero-order valence-corrected chi connectivity index (χ0v) is 24.0. The molecule has 0 spiro atoms. The van der Waals surface area contributed by atoms with Crippen LogP contribution in [0.15, 0.2) is 45.6 Å². The molecule has 0 aliphatic carbocycles. The predicted molar refractivity (Wildman–Crippen MR) is 149 cm³/mol. The van der Waals surface area contributed by atoms with Crippen molar-refractivity contribution in [3.63, 3.8) is 0 Å². The molecule has 2 aliphatic rings. The molecule has 0 unspecified atom stereocenters. The Morgan fingerprint density at radius 1 is 0.804 bits per heavy atom. The molecule has 2 aliphatic heterocycles. The maximum absolute atomic E-state index is 12.9. The lowest BCUT2D eigenvalue weighted by Crippen LogP contribution is -2.65. The number of hydrogen-bond donors (Lipinski definition) is 8. The highest BCUT2D eigenvalue weighted by Gasteiger charge is 2.53. The van der Waals surface area contributed by atoms with Gasteiger partial charge in [0.05, 0.1) is 6.10 Å². The van der Waals surface area contributed by atoms with E-state index in [-0.39, 0.29) is 28.0 Å². The highest BCUT2D eigenvalue weighted by molar-refractivity contribution is 5.86. The van der Waals surface area contributed by atoms with E-state index in [1.165, 1.54) is 13.0 Å². The Kier molecular flexibility index (Phi) is 9.09. The summed E-state index contributed by atoms with van der Waals surface area (Å²) in [5.41, 5.74) is -0.757. The average molecular weight is 651 g/mol. The SMILES string of the molecule is CC(=O)O[C@H]1[C@H](O)[C@@H](O)[C@H](O[C@H]2[C@H](Oc3cc(O)c4c(=O)cc(-c5ccc(O)c(O)c5)oc4c3)O[C@H](C(=O)O)[C@@H](O)[C@@H]2O)O[C@@H]1C. The number of benzene rings is 2. The van der Waals surface area contributed by atoms with Crippen LogP contribution in [0.5, 0.6) is 23.0 Å². The summed E-state index contributed by atoms with van der Waals surface area (Å²) in [5.74, 6) is -4.38. The first-order valence-corrected chi connectivity index (χ1v) is 13.7. The fraction of sp³-hybridized carbons (Fsp3) is 0.414. The molecule has 2 fully saturated rings. The quantitative estimate of drug-likeness (QED) is 0.116. The number of fused-ring (bicyclic) bond motifs is 1. The van der Waals surface area contributed by atoms with Gasteiger partial charge < -0.3 is 69.0 Å². The molecule has 0 radical (unpaired) electrons. The van der Waals surface area contributed by atoms with Gasteiger partial charge in [0.25, 0.3) is 0 Å². The molecule has 0 bridgehead atoms. The molecule has 17 nitrogen and oxygen atoms in total. The Labute approximate surface area is 257 Å². The summed E-state index contributed by atoms with van der Waals surface area (Å²) in [6.07, 6.45) is -17.6. The lowest BCUT2D eigenvalue weighted by atomic mass is 9.97. The fourth-order valence-electron chi connectivity index (χ4n) is 5.17. The molecule has 0 saturated carbocycles. The van der Waals surface area contributed by atoms with Crippen molar-refractivity contribution in [2.24, 2.45) is 0 Å². The molecule has 5 rings (SSSR count). The number of aliphatic hydroxyl groups is 4. The minimum atomic E-state index is -2.08. The summed E-state index contributed by atoms with van der Waals surface area (Å²) in [5, 5.41) is 82.0. The van der Waals surface area contributed by atoms with E-state index in [2.05, 4.69) is 0 Å². The third kappa shape index (κ3) is 6.29. The highest BCUT2D eigenvalue weighted by atomic mass is 16.8. The fourth-order valence-corrected chi connectivity index (χ4v) is 5.17. The summed E-state index contributed by atoms with van der Waals surface area (Å²) in [6, 6.07) is 6.76. The van der Waals surface area contributed by atoms with E-state index in [1.807, 2.05) is 0 Å². The number of hydrogen-bond acceptors (Lipinski definition) is 16. The molecule has 46 heavy (non-hydrogen) atoms. The van der Waals surface area contributed by atoms with Gasteiger partial charge in [-0.05, 0) is 25.1 Å². The second kappa shape index (κ2) is 12.7. The molecular weight excluding hydrogens is 620 g/mol. The Morgan fingerprint density at radius 3 is 2.15 bits per heavy atom. The Balaban J connectivity index is 1.48. The maximum atomic E-state index is 12.9. The standard InChI is InChI=1S/C29H30O17/c1-9-24(42-10(2)30)22(37)23(38)28(41-9)46-26-21(36)20(35)25(27(39)40)45-29(26)43-12-6-15(33)19-16(34)8-17(44-18(19)7-12)11-3-4-13(31)14(32)5-11/h3-9,20-26,28-29,31-33,35-38H,1-2H3,(H,39,40)/t9-,20+,21+,22-,23-,24-,25+,26-,28+,29-/m1/s1. The van der Waals surface area contributed by atoms with E-state index in [1.54, 1.807) is 0 Å². The molecule has 1 aromatic heterocycles. The molecule has 2 aromatic carbocycles. The summed E-state index contributed by atoms with van der Waals surface area (Å²) in [6.45, 7) is 2.48. The van der Waals surface area contributed by atoms with Crippen molar-refractivity contribution in [1.29, 1.82) is 0 Å². The number of carbonyl (C=O) groups is 2. The van der Waals surface area contributed by atoms with Crippen LogP contribution in [0.3, 0.4) is 0 Å². The first kappa shape index (κ1) is 32.9. The van der Waals surface area contributed by atoms with Gasteiger partial charge in [0.1, 0.15) is 52.6 Å². The van der Waals surface area contributed by atoms with Crippen LogP contribution < -0.4 is 10.2 Å². The number of phenols is 3. The van der Waals surface area contributed by atoms with Crippen molar-refractivity contribution in [1.82, 2.24) is 0 Å². The van der Waals surface area contributed by atoms with Crippen LogP contribution in [0.1, 0.15) is 13.8 Å². The van der Waals surface area contributed by atoms with Gasteiger partial charge in [0.15, 0.2) is 41.5 Å². The number of aliphatic carboxylic acids is 1. The second-order valence-electron chi connectivity index (χ2n) is 10.7. The van der Waals surface area contributed by atoms with Crippen molar-refractivity contribution in [2.45, 2.75) is 75.3 Å². The van der Waals surface area contributed by atoms with Gasteiger partial charge in [-0.2, -0.15) is 0 Å².